The highest BCUT2D eigenvalue weighted by atomic mass is 16.5. The van der Waals surface area contributed by atoms with Gasteiger partial charge in [0.05, 0.1) is 24.6 Å². The topological polar surface area (TPSA) is 75.2 Å². The largest absolute Gasteiger partial charge is 0.507 e. The number of aldehydes is 1. The minimum Gasteiger partial charge on any atom is -0.507 e. The maximum absolute atomic E-state index is 10.5. The summed E-state index contributed by atoms with van der Waals surface area (Å²) in [5.74, 6) is 1.11. The number of hydrogen-bond acceptors (Lipinski definition) is 4. The number of imidazole rings is 1. The molecule has 0 aliphatic heterocycles. The lowest BCUT2D eigenvalue weighted by molar-refractivity contribution is 0.111. The van der Waals surface area contributed by atoms with Crippen molar-refractivity contribution in [1.82, 2.24) is 9.97 Å². The Kier molecular flexibility index (Phi) is 2.59. The van der Waals surface area contributed by atoms with E-state index in [0.717, 1.165) is 0 Å². The van der Waals surface area contributed by atoms with Crippen molar-refractivity contribution in [3.8, 4) is 22.9 Å². The number of methoxy groups -OCH3 is 1. The third kappa shape index (κ3) is 1.75. The number of aromatic hydroxyl groups is 1. The molecular formula is C11H10N2O3. The molecular weight excluding hydrogens is 208 g/mol. The first-order valence-electron chi connectivity index (χ1n) is 4.62. The fourth-order valence-electron chi connectivity index (χ4n) is 1.36. The first-order chi connectivity index (χ1) is 7.74. The number of phenols is 1. The molecule has 0 spiro atoms. The quantitative estimate of drug-likeness (QED) is 0.767. The van der Waals surface area contributed by atoms with Gasteiger partial charge in [0, 0.05) is 0 Å². The molecule has 16 heavy (non-hydrogen) atoms. The van der Waals surface area contributed by atoms with Crippen molar-refractivity contribution in [2.75, 3.05) is 7.11 Å². The van der Waals surface area contributed by atoms with Crippen molar-refractivity contribution in [3.05, 3.63) is 30.1 Å². The van der Waals surface area contributed by atoms with E-state index in [0.29, 0.717) is 29.1 Å². The van der Waals surface area contributed by atoms with Crippen LogP contribution in [-0.4, -0.2) is 28.5 Å². The molecule has 0 saturated carbocycles. The summed E-state index contributed by atoms with van der Waals surface area (Å²) >= 11 is 0. The second-order valence-electron chi connectivity index (χ2n) is 3.19. The number of H-pyrrole nitrogens is 1. The molecule has 5 heteroatoms. The highest BCUT2D eigenvalue weighted by Gasteiger charge is 2.09. The molecule has 2 aromatic rings. The van der Waals surface area contributed by atoms with Crippen molar-refractivity contribution in [2.45, 2.75) is 0 Å². The van der Waals surface area contributed by atoms with E-state index in [4.69, 9.17) is 4.74 Å². The van der Waals surface area contributed by atoms with Crippen LogP contribution in [0.1, 0.15) is 10.5 Å². The lowest BCUT2D eigenvalue weighted by Crippen LogP contribution is -1.86. The number of carbonyl (C=O) groups excluding carboxylic acids is 1. The summed E-state index contributed by atoms with van der Waals surface area (Å²) in [4.78, 5) is 17.3. The van der Waals surface area contributed by atoms with Gasteiger partial charge in [-0.15, -0.1) is 0 Å². The fourth-order valence-corrected chi connectivity index (χ4v) is 1.36. The minimum absolute atomic E-state index is 0.0765. The first-order valence-corrected chi connectivity index (χ1v) is 4.62. The second kappa shape index (κ2) is 4.06. The van der Waals surface area contributed by atoms with E-state index in [1.807, 2.05) is 0 Å². The normalized spacial score (nSPS) is 10.1. The number of benzene rings is 1. The van der Waals surface area contributed by atoms with Crippen LogP contribution in [-0.2, 0) is 0 Å². The lowest BCUT2D eigenvalue weighted by atomic mass is 10.2. The molecule has 0 saturated heterocycles. The van der Waals surface area contributed by atoms with Crippen LogP contribution in [0.25, 0.3) is 11.4 Å². The SMILES string of the molecule is COc1ccc(O)c(-c2ncc(C=O)[nH]2)c1. The van der Waals surface area contributed by atoms with Crippen LogP contribution in [0.15, 0.2) is 24.4 Å². The third-order valence-electron chi connectivity index (χ3n) is 2.18. The van der Waals surface area contributed by atoms with E-state index in [2.05, 4.69) is 9.97 Å². The average Bonchev–Trinajstić information content (AvgIpc) is 2.78. The lowest BCUT2D eigenvalue weighted by Gasteiger charge is -2.04. The molecule has 0 aliphatic carbocycles. The molecule has 1 aromatic carbocycles. The van der Waals surface area contributed by atoms with Gasteiger partial charge >= 0.3 is 0 Å². The van der Waals surface area contributed by atoms with Crippen LogP contribution < -0.4 is 4.74 Å². The van der Waals surface area contributed by atoms with E-state index in [9.17, 15) is 9.90 Å². The van der Waals surface area contributed by atoms with Gasteiger partial charge in [-0.1, -0.05) is 0 Å². The summed E-state index contributed by atoms with van der Waals surface area (Å²) in [6.07, 6.45) is 2.06. The van der Waals surface area contributed by atoms with Crippen LogP contribution in [0, 0.1) is 0 Å². The molecule has 0 radical (unpaired) electrons. The van der Waals surface area contributed by atoms with E-state index in [1.165, 1.54) is 19.4 Å². The molecule has 0 amide bonds. The number of nitrogens with zero attached hydrogens (tertiary/aromatic N) is 1. The Bertz CT molecular complexity index is 520. The highest BCUT2D eigenvalue weighted by Crippen LogP contribution is 2.30. The van der Waals surface area contributed by atoms with Crippen molar-refractivity contribution in [3.63, 3.8) is 0 Å². The Morgan fingerprint density at radius 3 is 2.94 bits per heavy atom. The van der Waals surface area contributed by atoms with Gasteiger partial charge < -0.3 is 14.8 Å². The number of rotatable bonds is 3. The monoisotopic (exact) mass is 218 g/mol. The zero-order valence-electron chi connectivity index (χ0n) is 8.60. The van der Waals surface area contributed by atoms with E-state index in [-0.39, 0.29) is 5.75 Å². The summed E-state index contributed by atoms with van der Waals surface area (Å²) in [6, 6.07) is 4.79. The standard InChI is InChI=1S/C11H10N2O3/c1-16-8-2-3-10(15)9(4-8)11-12-5-7(6-14)13-11/h2-6,15H,1H3,(H,12,13). The number of aromatic amines is 1. The molecule has 2 N–H and O–H groups in total. The summed E-state index contributed by atoms with van der Waals surface area (Å²) < 4.78 is 5.04. The van der Waals surface area contributed by atoms with Crippen LogP contribution in [0.2, 0.25) is 0 Å². The number of phenolic OH excluding ortho intramolecular Hbond substituents is 1. The van der Waals surface area contributed by atoms with E-state index in [1.54, 1.807) is 12.1 Å². The maximum Gasteiger partial charge on any atom is 0.167 e. The molecule has 0 aliphatic rings. The number of carbonyl (C=O) groups is 1. The van der Waals surface area contributed by atoms with Crippen molar-refractivity contribution in [1.29, 1.82) is 0 Å². The molecule has 5 nitrogen and oxygen atoms in total. The molecule has 82 valence electrons. The van der Waals surface area contributed by atoms with Crippen molar-refractivity contribution in [2.24, 2.45) is 0 Å². The third-order valence-corrected chi connectivity index (χ3v) is 2.18. The molecule has 1 heterocycles. The minimum atomic E-state index is 0.0765. The molecule has 2 rings (SSSR count). The molecule has 0 unspecified atom stereocenters. The second-order valence-corrected chi connectivity index (χ2v) is 3.19. The van der Waals surface area contributed by atoms with Crippen LogP contribution in [0.4, 0.5) is 0 Å². The summed E-state index contributed by atoms with van der Waals surface area (Å²) in [5, 5.41) is 9.66. The van der Waals surface area contributed by atoms with Gasteiger partial charge in [0.15, 0.2) is 6.29 Å². The first kappa shape index (κ1) is 10.2. The van der Waals surface area contributed by atoms with Crippen LogP contribution in [0.3, 0.4) is 0 Å². The van der Waals surface area contributed by atoms with E-state index >= 15 is 0 Å². The van der Waals surface area contributed by atoms with Gasteiger partial charge in [0.2, 0.25) is 0 Å². The van der Waals surface area contributed by atoms with Crippen LogP contribution >= 0.6 is 0 Å². The molecule has 0 atom stereocenters. The average molecular weight is 218 g/mol. The zero-order chi connectivity index (χ0) is 11.5. The smallest absolute Gasteiger partial charge is 0.167 e. The summed E-state index contributed by atoms with van der Waals surface area (Å²) in [5.41, 5.74) is 0.852. The Balaban J connectivity index is 2.49. The fraction of sp³-hybridized carbons (Fsp3) is 0.0909. The Labute approximate surface area is 91.7 Å². The van der Waals surface area contributed by atoms with Crippen molar-refractivity contribution >= 4 is 6.29 Å². The number of aromatic nitrogens is 2. The van der Waals surface area contributed by atoms with Gasteiger partial charge in [-0.25, -0.2) is 4.98 Å². The maximum atomic E-state index is 10.5. The van der Waals surface area contributed by atoms with Crippen LogP contribution in [0.5, 0.6) is 11.5 Å². The Hall–Kier alpha value is -2.30. The van der Waals surface area contributed by atoms with Crippen molar-refractivity contribution < 1.29 is 14.6 Å². The van der Waals surface area contributed by atoms with Gasteiger partial charge in [-0.3, -0.25) is 4.79 Å². The van der Waals surface area contributed by atoms with E-state index < -0.39 is 0 Å². The van der Waals surface area contributed by atoms with Gasteiger partial charge in [0.1, 0.15) is 17.3 Å². The van der Waals surface area contributed by atoms with Gasteiger partial charge in [-0.05, 0) is 18.2 Å². The number of nitrogens with one attached hydrogen (secondary N) is 1. The number of ether oxygens (including phenoxy) is 1. The van der Waals surface area contributed by atoms with Gasteiger partial charge in [0.25, 0.3) is 0 Å². The molecule has 1 aromatic heterocycles. The Morgan fingerprint density at radius 2 is 2.31 bits per heavy atom. The number of hydrogen-bond donors (Lipinski definition) is 2. The van der Waals surface area contributed by atoms with Gasteiger partial charge in [-0.2, -0.15) is 0 Å². The zero-order valence-corrected chi connectivity index (χ0v) is 8.60. The molecule has 0 fully saturated rings. The highest BCUT2D eigenvalue weighted by molar-refractivity contribution is 5.74. The predicted octanol–water partition coefficient (Wildman–Crippen LogP) is 1.60. The summed E-state index contributed by atoms with van der Waals surface area (Å²) in [7, 11) is 1.54. The molecule has 0 bridgehead atoms. The summed E-state index contributed by atoms with van der Waals surface area (Å²) in [6.45, 7) is 0. The predicted molar refractivity (Wildman–Crippen MR) is 57.6 cm³/mol. The Morgan fingerprint density at radius 1 is 1.50 bits per heavy atom.